The first-order chi connectivity index (χ1) is 14.8. The van der Waals surface area contributed by atoms with Crippen molar-refractivity contribution in [1.82, 2.24) is 0 Å². The Bertz CT molecular complexity index is 1130. The molecule has 0 saturated carbocycles. The standard InChI is InChI=1S/C26H26N2O3/c1-26(2,3)18-10-8-17(9-11-18)16-28-23-21(24(29)25(28)30)6-5-7-22(23)27-19-12-14-20(31-4)15-13-19/h5-15,27H,16H2,1-4H3. The van der Waals surface area contributed by atoms with Crippen molar-refractivity contribution >= 4 is 28.8 Å². The van der Waals surface area contributed by atoms with E-state index in [0.29, 0.717) is 23.5 Å². The molecule has 0 unspecified atom stereocenters. The number of anilines is 3. The summed E-state index contributed by atoms with van der Waals surface area (Å²) in [6.45, 7) is 6.83. The highest BCUT2D eigenvalue weighted by Gasteiger charge is 2.37. The zero-order valence-corrected chi connectivity index (χ0v) is 18.2. The lowest BCUT2D eigenvalue weighted by atomic mass is 9.87. The highest BCUT2D eigenvalue weighted by molar-refractivity contribution is 6.52. The minimum atomic E-state index is -0.501. The predicted molar refractivity (Wildman–Crippen MR) is 123 cm³/mol. The van der Waals surface area contributed by atoms with E-state index in [1.54, 1.807) is 24.1 Å². The molecule has 4 rings (SSSR count). The number of ether oxygens (including phenoxy) is 1. The van der Waals surface area contributed by atoms with Gasteiger partial charge in [-0.2, -0.15) is 0 Å². The van der Waals surface area contributed by atoms with Crippen molar-refractivity contribution in [2.24, 2.45) is 0 Å². The summed E-state index contributed by atoms with van der Waals surface area (Å²) in [5.41, 5.74) is 4.86. The molecule has 0 aliphatic carbocycles. The van der Waals surface area contributed by atoms with Crippen molar-refractivity contribution in [2.75, 3.05) is 17.3 Å². The van der Waals surface area contributed by atoms with Gasteiger partial charge in [-0.25, -0.2) is 0 Å². The minimum absolute atomic E-state index is 0.0556. The molecule has 0 spiro atoms. The number of amides is 1. The maximum atomic E-state index is 12.8. The second kappa shape index (κ2) is 7.91. The van der Waals surface area contributed by atoms with E-state index < -0.39 is 11.7 Å². The van der Waals surface area contributed by atoms with Crippen LogP contribution in [0.25, 0.3) is 0 Å². The monoisotopic (exact) mass is 414 g/mol. The summed E-state index contributed by atoms with van der Waals surface area (Å²) in [5, 5.41) is 3.34. The number of carbonyl (C=O) groups is 2. The summed E-state index contributed by atoms with van der Waals surface area (Å²) < 4.78 is 5.21. The van der Waals surface area contributed by atoms with E-state index in [2.05, 4.69) is 38.2 Å². The van der Waals surface area contributed by atoms with Crippen LogP contribution in [0.4, 0.5) is 17.1 Å². The van der Waals surface area contributed by atoms with Crippen LogP contribution in [0.5, 0.6) is 5.75 Å². The Morgan fingerprint density at radius 2 is 1.58 bits per heavy atom. The molecule has 0 atom stereocenters. The molecule has 0 bridgehead atoms. The molecule has 31 heavy (non-hydrogen) atoms. The Balaban J connectivity index is 1.66. The highest BCUT2D eigenvalue weighted by atomic mass is 16.5. The number of nitrogens with one attached hydrogen (secondary N) is 1. The van der Waals surface area contributed by atoms with Gasteiger partial charge in [0.1, 0.15) is 5.75 Å². The molecule has 0 aromatic heterocycles. The Labute approximate surface area is 182 Å². The molecule has 3 aromatic rings. The van der Waals surface area contributed by atoms with Gasteiger partial charge in [-0.05, 0) is 52.9 Å². The molecule has 1 amide bonds. The number of para-hydroxylation sites is 1. The van der Waals surface area contributed by atoms with E-state index >= 15 is 0 Å². The molecule has 5 heteroatoms. The van der Waals surface area contributed by atoms with Crippen LogP contribution in [0.15, 0.2) is 66.7 Å². The van der Waals surface area contributed by atoms with Crippen molar-refractivity contribution in [3.05, 3.63) is 83.4 Å². The van der Waals surface area contributed by atoms with Crippen molar-refractivity contribution in [3.8, 4) is 5.75 Å². The summed E-state index contributed by atoms with van der Waals surface area (Å²) >= 11 is 0. The van der Waals surface area contributed by atoms with Gasteiger partial charge in [0.05, 0.1) is 30.6 Å². The summed E-state index contributed by atoms with van der Waals surface area (Å²) in [5.74, 6) is -0.215. The SMILES string of the molecule is COc1ccc(Nc2cccc3c2N(Cc2ccc(C(C)(C)C)cc2)C(=O)C3=O)cc1. The van der Waals surface area contributed by atoms with Gasteiger partial charge in [-0.3, -0.25) is 14.5 Å². The Morgan fingerprint density at radius 3 is 2.19 bits per heavy atom. The van der Waals surface area contributed by atoms with Gasteiger partial charge in [0.2, 0.25) is 0 Å². The molecule has 0 saturated heterocycles. The van der Waals surface area contributed by atoms with Crippen LogP contribution in [0, 0.1) is 0 Å². The molecule has 1 heterocycles. The van der Waals surface area contributed by atoms with Crippen molar-refractivity contribution in [1.29, 1.82) is 0 Å². The molecule has 0 radical (unpaired) electrons. The lowest BCUT2D eigenvalue weighted by molar-refractivity contribution is -0.114. The molecule has 1 aliphatic heterocycles. The topological polar surface area (TPSA) is 58.6 Å². The second-order valence-corrected chi connectivity index (χ2v) is 8.72. The van der Waals surface area contributed by atoms with Gasteiger partial charge in [0, 0.05) is 5.69 Å². The average molecular weight is 415 g/mol. The molecule has 5 nitrogen and oxygen atoms in total. The van der Waals surface area contributed by atoms with Crippen LogP contribution in [-0.4, -0.2) is 18.8 Å². The molecule has 1 N–H and O–H groups in total. The molecule has 0 fully saturated rings. The lowest BCUT2D eigenvalue weighted by Gasteiger charge is -2.22. The number of carbonyl (C=O) groups excluding carboxylic acids is 2. The van der Waals surface area contributed by atoms with Crippen LogP contribution >= 0.6 is 0 Å². The van der Waals surface area contributed by atoms with Crippen LogP contribution in [0.3, 0.4) is 0 Å². The van der Waals surface area contributed by atoms with E-state index in [1.165, 1.54) is 5.56 Å². The maximum Gasteiger partial charge on any atom is 0.299 e. The second-order valence-electron chi connectivity index (χ2n) is 8.72. The number of nitrogens with zero attached hydrogens (tertiary/aromatic N) is 1. The van der Waals surface area contributed by atoms with Crippen LogP contribution in [0.1, 0.15) is 42.3 Å². The van der Waals surface area contributed by atoms with E-state index in [9.17, 15) is 9.59 Å². The Morgan fingerprint density at radius 1 is 0.903 bits per heavy atom. The number of hydrogen-bond acceptors (Lipinski definition) is 4. The van der Waals surface area contributed by atoms with E-state index in [4.69, 9.17) is 4.74 Å². The number of ketones is 1. The molecule has 158 valence electrons. The smallest absolute Gasteiger partial charge is 0.299 e. The van der Waals surface area contributed by atoms with Crippen molar-refractivity contribution in [3.63, 3.8) is 0 Å². The summed E-state index contributed by atoms with van der Waals surface area (Å²) in [4.78, 5) is 27.0. The third-order valence-electron chi connectivity index (χ3n) is 5.52. The number of Topliss-reactive ketones (excluding diaryl/α,β-unsaturated/α-hetero) is 1. The fourth-order valence-electron chi connectivity index (χ4n) is 3.73. The largest absolute Gasteiger partial charge is 0.497 e. The fourth-order valence-corrected chi connectivity index (χ4v) is 3.73. The first-order valence-electron chi connectivity index (χ1n) is 10.3. The van der Waals surface area contributed by atoms with Gasteiger partial charge in [-0.15, -0.1) is 0 Å². The van der Waals surface area contributed by atoms with E-state index in [0.717, 1.165) is 17.0 Å². The minimum Gasteiger partial charge on any atom is -0.497 e. The van der Waals surface area contributed by atoms with Crippen LogP contribution in [-0.2, 0) is 16.8 Å². The lowest BCUT2D eigenvalue weighted by Crippen LogP contribution is -2.29. The number of rotatable bonds is 5. The van der Waals surface area contributed by atoms with Crippen LogP contribution in [0.2, 0.25) is 0 Å². The van der Waals surface area contributed by atoms with E-state index in [-0.39, 0.29) is 5.41 Å². The van der Waals surface area contributed by atoms with Crippen LogP contribution < -0.4 is 15.0 Å². The Hall–Kier alpha value is -3.60. The molecular weight excluding hydrogens is 388 g/mol. The highest BCUT2D eigenvalue weighted by Crippen LogP contribution is 2.39. The third kappa shape index (κ3) is 4.04. The Kier molecular flexibility index (Phi) is 5.27. The molecule has 3 aromatic carbocycles. The zero-order valence-electron chi connectivity index (χ0n) is 18.2. The first-order valence-corrected chi connectivity index (χ1v) is 10.3. The molecule has 1 aliphatic rings. The van der Waals surface area contributed by atoms with Gasteiger partial charge in [0.15, 0.2) is 0 Å². The number of benzene rings is 3. The average Bonchev–Trinajstić information content (AvgIpc) is 3.00. The van der Waals surface area contributed by atoms with Crippen molar-refractivity contribution < 1.29 is 14.3 Å². The summed E-state index contributed by atoms with van der Waals surface area (Å²) in [7, 11) is 1.62. The maximum absolute atomic E-state index is 12.8. The van der Waals surface area contributed by atoms with Crippen molar-refractivity contribution in [2.45, 2.75) is 32.7 Å². The fraction of sp³-hybridized carbons (Fsp3) is 0.231. The normalized spacial score (nSPS) is 13.4. The van der Waals surface area contributed by atoms with E-state index in [1.807, 2.05) is 42.5 Å². The molecular formula is C26H26N2O3. The number of hydrogen-bond donors (Lipinski definition) is 1. The van der Waals surface area contributed by atoms with Gasteiger partial charge in [-0.1, -0.05) is 51.1 Å². The first kappa shape index (κ1) is 20.7. The predicted octanol–water partition coefficient (Wildman–Crippen LogP) is 5.47. The third-order valence-corrected chi connectivity index (χ3v) is 5.52. The number of methoxy groups -OCH3 is 1. The van der Waals surface area contributed by atoms with Gasteiger partial charge in [0.25, 0.3) is 11.7 Å². The summed E-state index contributed by atoms with van der Waals surface area (Å²) in [6, 6.07) is 21.1. The number of fused-ring (bicyclic) bond motifs is 1. The zero-order chi connectivity index (χ0) is 22.2. The van der Waals surface area contributed by atoms with Gasteiger partial charge < -0.3 is 10.1 Å². The quantitative estimate of drug-likeness (QED) is 0.563. The van der Waals surface area contributed by atoms with Gasteiger partial charge >= 0.3 is 0 Å². The summed E-state index contributed by atoms with van der Waals surface area (Å²) in [6.07, 6.45) is 0.